The largest absolute Gasteiger partial charge is 0.213 e. The Morgan fingerprint density at radius 1 is 0.920 bits per heavy atom. The Balaban J connectivity index is 1.64. The van der Waals surface area contributed by atoms with Gasteiger partial charge >= 0.3 is 0 Å². The van der Waals surface area contributed by atoms with Crippen LogP contribution in [-0.2, 0) is 17.4 Å². The van der Waals surface area contributed by atoms with Gasteiger partial charge in [0.2, 0.25) is 5.69 Å². The van der Waals surface area contributed by atoms with E-state index < -0.39 is 0 Å². The smallest absolute Gasteiger partial charge is 0.192 e. The predicted molar refractivity (Wildman–Crippen MR) is 103 cm³/mol. The van der Waals surface area contributed by atoms with Crippen molar-refractivity contribution in [1.29, 1.82) is 0 Å². The minimum Gasteiger partial charge on any atom is -0.192 e. The highest BCUT2D eigenvalue weighted by Gasteiger charge is 2.64. The monoisotopic (exact) mass is 332 g/mol. The summed E-state index contributed by atoms with van der Waals surface area (Å²) in [6.45, 7) is 7.43. The molecule has 25 heavy (non-hydrogen) atoms. The highest BCUT2D eigenvalue weighted by atomic mass is 15.1. The Hall–Kier alpha value is -1.63. The van der Waals surface area contributed by atoms with Crippen LogP contribution in [0.25, 0.3) is 11.3 Å². The summed E-state index contributed by atoms with van der Waals surface area (Å²) in [4.78, 5) is 0. The van der Waals surface area contributed by atoms with E-state index in [-0.39, 0.29) is 11.0 Å². The SMILES string of the molecule is CC1(Cc2cc[n+]3c(c2)-c2ccccc2C2(C)CCC32C)CCCC1. The molecule has 5 rings (SSSR count). The first kappa shape index (κ1) is 15.6. The number of hydrogen-bond acceptors (Lipinski definition) is 0. The van der Waals surface area contributed by atoms with E-state index in [1.165, 1.54) is 61.8 Å². The van der Waals surface area contributed by atoms with Gasteiger partial charge in [0.25, 0.3) is 0 Å². The molecule has 130 valence electrons. The number of nitrogens with zero attached hydrogens (tertiary/aromatic N) is 1. The molecule has 0 saturated heterocycles. The van der Waals surface area contributed by atoms with Crippen LogP contribution in [0.3, 0.4) is 0 Å². The molecular weight excluding hydrogens is 302 g/mol. The standard InChI is InChI=1S/C24H30N/c1-22(11-6-7-12-22)17-18-10-15-25-21(16-18)19-8-4-5-9-20(19)23(2)13-14-24(23,25)3/h4-5,8-10,15-16H,6-7,11-14,17H2,1-3H3/q+1. The van der Waals surface area contributed by atoms with Gasteiger partial charge in [-0.25, -0.2) is 0 Å². The summed E-state index contributed by atoms with van der Waals surface area (Å²) >= 11 is 0. The van der Waals surface area contributed by atoms with Crippen molar-refractivity contribution in [2.45, 2.75) is 76.7 Å². The molecule has 2 heterocycles. The van der Waals surface area contributed by atoms with E-state index in [4.69, 9.17) is 0 Å². The molecule has 2 atom stereocenters. The van der Waals surface area contributed by atoms with Crippen molar-refractivity contribution in [1.82, 2.24) is 0 Å². The van der Waals surface area contributed by atoms with E-state index >= 15 is 0 Å². The maximum atomic E-state index is 2.60. The lowest BCUT2D eigenvalue weighted by molar-refractivity contribution is -0.778. The molecule has 2 aromatic rings. The summed E-state index contributed by atoms with van der Waals surface area (Å²) < 4.78 is 2.60. The quantitative estimate of drug-likeness (QED) is 0.635. The number of benzene rings is 1. The third-order valence-electron chi connectivity index (χ3n) is 8.09. The first-order valence-electron chi connectivity index (χ1n) is 10.1. The van der Waals surface area contributed by atoms with Gasteiger partial charge in [-0.2, -0.15) is 4.57 Å². The average Bonchev–Trinajstić information content (AvgIpc) is 3.04. The summed E-state index contributed by atoms with van der Waals surface area (Å²) in [6.07, 6.45) is 11.8. The zero-order chi connectivity index (χ0) is 17.3. The van der Waals surface area contributed by atoms with Crippen molar-refractivity contribution in [2.75, 3.05) is 0 Å². The fourth-order valence-electron chi connectivity index (χ4n) is 6.05. The maximum absolute atomic E-state index is 2.60. The van der Waals surface area contributed by atoms with Gasteiger partial charge in [-0.05, 0) is 55.2 Å². The third-order valence-corrected chi connectivity index (χ3v) is 8.09. The molecule has 2 saturated carbocycles. The molecule has 0 radical (unpaired) electrons. The second-order valence-corrected chi connectivity index (χ2v) is 9.64. The van der Waals surface area contributed by atoms with Gasteiger partial charge in [-0.1, -0.05) is 38.0 Å². The van der Waals surface area contributed by atoms with E-state index in [0.717, 1.165) is 0 Å². The molecule has 1 aliphatic heterocycles. The fraction of sp³-hybridized carbons (Fsp3) is 0.542. The molecule has 2 aliphatic carbocycles. The minimum atomic E-state index is 0.229. The van der Waals surface area contributed by atoms with Crippen molar-refractivity contribution < 1.29 is 4.57 Å². The summed E-state index contributed by atoms with van der Waals surface area (Å²) in [5.74, 6) is 0. The van der Waals surface area contributed by atoms with Gasteiger partial charge in [0.05, 0.1) is 11.0 Å². The molecular formula is C24H30N+. The zero-order valence-corrected chi connectivity index (χ0v) is 15.9. The summed E-state index contributed by atoms with van der Waals surface area (Å²) in [5.41, 5.74) is 7.01. The molecule has 1 aromatic heterocycles. The molecule has 0 amide bonds. The van der Waals surface area contributed by atoms with Gasteiger partial charge in [0.1, 0.15) is 0 Å². The van der Waals surface area contributed by atoms with Crippen LogP contribution in [0.1, 0.15) is 70.4 Å². The van der Waals surface area contributed by atoms with E-state index in [2.05, 4.69) is 67.9 Å². The van der Waals surface area contributed by atoms with Crippen LogP contribution >= 0.6 is 0 Å². The van der Waals surface area contributed by atoms with Gasteiger partial charge < -0.3 is 0 Å². The Bertz CT molecular complexity index is 845. The lowest BCUT2D eigenvalue weighted by Crippen LogP contribution is -2.73. The summed E-state index contributed by atoms with van der Waals surface area (Å²) in [6, 6.07) is 14.1. The fourth-order valence-corrected chi connectivity index (χ4v) is 6.05. The number of hydrogen-bond donors (Lipinski definition) is 0. The molecule has 1 heteroatoms. The van der Waals surface area contributed by atoms with Crippen LogP contribution in [0.4, 0.5) is 0 Å². The van der Waals surface area contributed by atoms with E-state index in [1.54, 1.807) is 5.56 Å². The first-order chi connectivity index (χ1) is 12.0. The van der Waals surface area contributed by atoms with Crippen molar-refractivity contribution in [3.05, 3.63) is 53.7 Å². The van der Waals surface area contributed by atoms with E-state index in [0.29, 0.717) is 5.41 Å². The van der Waals surface area contributed by atoms with E-state index in [1.807, 2.05) is 0 Å². The number of rotatable bonds is 2. The van der Waals surface area contributed by atoms with E-state index in [9.17, 15) is 0 Å². The van der Waals surface area contributed by atoms with Crippen LogP contribution in [0.5, 0.6) is 0 Å². The number of fused-ring (bicyclic) bond motifs is 6. The first-order valence-corrected chi connectivity index (χ1v) is 10.1. The van der Waals surface area contributed by atoms with Gasteiger partial charge in [0.15, 0.2) is 11.7 Å². The lowest BCUT2D eigenvalue weighted by Gasteiger charge is -2.54. The van der Waals surface area contributed by atoms with Gasteiger partial charge in [-0.15, -0.1) is 0 Å². The third kappa shape index (κ3) is 1.99. The van der Waals surface area contributed by atoms with Crippen molar-refractivity contribution in [2.24, 2.45) is 5.41 Å². The Morgan fingerprint density at radius 2 is 1.68 bits per heavy atom. The molecule has 3 aliphatic rings. The molecule has 2 fully saturated rings. The van der Waals surface area contributed by atoms with Gasteiger partial charge in [0, 0.05) is 25.5 Å². The molecule has 1 aromatic carbocycles. The van der Waals surface area contributed by atoms with Crippen LogP contribution in [0.2, 0.25) is 0 Å². The van der Waals surface area contributed by atoms with Gasteiger partial charge in [-0.3, -0.25) is 0 Å². The Labute approximate surface area is 152 Å². The maximum Gasteiger partial charge on any atom is 0.213 e. The summed E-state index contributed by atoms with van der Waals surface area (Å²) in [5, 5.41) is 0. The van der Waals surface area contributed by atoms with Crippen LogP contribution < -0.4 is 4.57 Å². The second-order valence-electron chi connectivity index (χ2n) is 9.64. The molecule has 0 spiro atoms. The van der Waals surface area contributed by atoms with Crippen LogP contribution in [0.15, 0.2) is 42.6 Å². The molecule has 0 N–H and O–H groups in total. The Morgan fingerprint density at radius 3 is 2.40 bits per heavy atom. The van der Waals surface area contributed by atoms with Crippen LogP contribution in [-0.4, -0.2) is 0 Å². The highest BCUT2D eigenvalue weighted by Crippen LogP contribution is 2.58. The Kier molecular flexibility index (Phi) is 3.10. The summed E-state index contributed by atoms with van der Waals surface area (Å²) in [7, 11) is 0. The molecule has 2 unspecified atom stereocenters. The zero-order valence-electron chi connectivity index (χ0n) is 15.9. The van der Waals surface area contributed by atoms with Crippen molar-refractivity contribution in [3.63, 3.8) is 0 Å². The second kappa shape index (κ2) is 4.96. The average molecular weight is 333 g/mol. The van der Waals surface area contributed by atoms with Crippen molar-refractivity contribution >= 4 is 0 Å². The number of aromatic nitrogens is 1. The van der Waals surface area contributed by atoms with Crippen molar-refractivity contribution in [3.8, 4) is 11.3 Å². The predicted octanol–water partition coefficient (Wildman–Crippen LogP) is 5.54. The molecule has 0 bridgehead atoms. The molecule has 1 nitrogen and oxygen atoms in total. The highest BCUT2D eigenvalue weighted by molar-refractivity contribution is 5.66. The normalized spacial score (nSPS) is 31.6. The number of pyridine rings is 1. The minimum absolute atomic E-state index is 0.229. The topological polar surface area (TPSA) is 3.88 Å². The lowest BCUT2D eigenvalue weighted by atomic mass is 9.51. The van der Waals surface area contributed by atoms with Crippen LogP contribution in [0, 0.1) is 5.41 Å².